The Morgan fingerprint density at radius 3 is 2.38 bits per heavy atom. The van der Waals surface area contributed by atoms with E-state index in [9.17, 15) is 0 Å². The van der Waals surface area contributed by atoms with Gasteiger partial charge in [-0.05, 0) is 69.9 Å². The van der Waals surface area contributed by atoms with Gasteiger partial charge in [-0.15, -0.1) is 0 Å². The molecule has 0 aliphatic heterocycles. The van der Waals surface area contributed by atoms with Gasteiger partial charge in [-0.1, -0.05) is 34.6 Å². The third-order valence-corrected chi connectivity index (χ3v) is 5.40. The number of hydrogen-bond donors (Lipinski definition) is 1. The lowest BCUT2D eigenvalue weighted by Crippen LogP contribution is -2.50. The zero-order valence-electron chi connectivity index (χ0n) is 15.7. The summed E-state index contributed by atoms with van der Waals surface area (Å²) in [5.41, 5.74) is 0. The van der Waals surface area contributed by atoms with Crippen LogP contribution in [-0.4, -0.2) is 37.1 Å². The number of nitrogens with zero attached hydrogens (tertiary/aromatic N) is 1. The smallest absolute Gasteiger partial charge is 0.0113 e. The first kappa shape index (κ1) is 19.0. The Bertz CT molecular complexity index is 277. The van der Waals surface area contributed by atoms with E-state index >= 15 is 0 Å². The molecular weight excluding hydrogens is 256 g/mol. The van der Waals surface area contributed by atoms with Crippen molar-refractivity contribution in [2.45, 2.75) is 79.3 Å². The van der Waals surface area contributed by atoms with Gasteiger partial charge in [-0.2, -0.15) is 0 Å². The maximum Gasteiger partial charge on any atom is 0.0113 e. The molecule has 2 nitrogen and oxygen atoms in total. The van der Waals surface area contributed by atoms with Crippen molar-refractivity contribution in [1.29, 1.82) is 0 Å². The van der Waals surface area contributed by atoms with Crippen molar-refractivity contribution in [2.24, 2.45) is 23.7 Å². The van der Waals surface area contributed by atoms with Crippen molar-refractivity contribution in [3.8, 4) is 0 Å². The molecule has 1 N–H and O–H groups in total. The van der Waals surface area contributed by atoms with Crippen LogP contribution in [0.15, 0.2) is 0 Å². The molecule has 0 radical (unpaired) electrons. The lowest BCUT2D eigenvalue weighted by Gasteiger charge is -2.43. The third-order valence-electron chi connectivity index (χ3n) is 5.40. The van der Waals surface area contributed by atoms with Crippen molar-refractivity contribution in [3.05, 3.63) is 0 Å². The van der Waals surface area contributed by atoms with Gasteiger partial charge in [0, 0.05) is 18.6 Å². The molecule has 0 saturated heterocycles. The van der Waals surface area contributed by atoms with E-state index in [0.29, 0.717) is 6.04 Å². The lowest BCUT2D eigenvalue weighted by atomic mass is 9.72. The highest BCUT2D eigenvalue weighted by Crippen LogP contribution is 2.34. The highest BCUT2D eigenvalue weighted by Gasteiger charge is 2.34. The van der Waals surface area contributed by atoms with Crippen LogP contribution in [0, 0.1) is 23.7 Å². The molecule has 126 valence electrons. The fourth-order valence-corrected chi connectivity index (χ4v) is 4.16. The molecule has 0 aromatic heterocycles. The zero-order chi connectivity index (χ0) is 16.0. The normalized spacial score (nSPS) is 31.9. The summed E-state index contributed by atoms with van der Waals surface area (Å²) in [5, 5.41) is 3.84. The van der Waals surface area contributed by atoms with Gasteiger partial charge < -0.3 is 10.2 Å². The maximum atomic E-state index is 3.84. The molecule has 0 aromatic rings. The van der Waals surface area contributed by atoms with Gasteiger partial charge in [0.05, 0.1) is 0 Å². The summed E-state index contributed by atoms with van der Waals surface area (Å²) < 4.78 is 0. The minimum absolute atomic E-state index is 0.698. The van der Waals surface area contributed by atoms with Gasteiger partial charge >= 0.3 is 0 Å². The van der Waals surface area contributed by atoms with Crippen LogP contribution in [-0.2, 0) is 0 Å². The fourth-order valence-electron chi connectivity index (χ4n) is 4.16. The van der Waals surface area contributed by atoms with E-state index in [1.165, 1.54) is 38.8 Å². The van der Waals surface area contributed by atoms with Crippen LogP contribution in [0.25, 0.3) is 0 Å². The van der Waals surface area contributed by atoms with Crippen LogP contribution in [0.1, 0.15) is 67.2 Å². The molecule has 1 fully saturated rings. The molecular formula is C19H40N2. The maximum absolute atomic E-state index is 3.84. The summed E-state index contributed by atoms with van der Waals surface area (Å²) in [6.45, 7) is 16.7. The summed E-state index contributed by atoms with van der Waals surface area (Å²) in [6.07, 6.45) is 5.31. The van der Waals surface area contributed by atoms with Gasteiger partial charge in [0.1, 0.15) is 0 Å². The van der Waals surface area contributed by atoms with Crippen LogP contribution in [0.3, 0.4) is 0 Å². The molecule has 2 heteroatoms. The highest BCUT2D eigenvalue weighted by atomic mass is 15.1. The van der Waals surface area contributed by atoms with E-state index < -0.39 is 0 Å². The first-order valence-electron chi connectivity index (χ1n) is 9.28. The Balaban J connectivity index is 2.61. The first-order chi connectivity index (χ1) is 9.85. The van der Waals surface area contributed by atoms with Gasteiger partial charge in [0.2, 0.25) is 0 Å². The van der Waals surface area contributed by atoms with E-state index in [1.807, 2.05) is 0 Å². The molecule has 1 saturated carbocycles. The average Bonchev–Trinajstić information content (AvgIpc) is 2.38. The molecule has 0 spiro atoms. The molecule has 0 aromatic carbocycles. The molecule has 0 heterocycles. The average molecular weight is 297 g/mol. The van der Waals surface area contributed by atoms with E-state index in [-0.39, 0.29) is 0 Å². The molecule has 0 bridgehead atoms. The summed E-state index contributed by atoms with van der Waals surface area (Å²) >= 11 is 0. The standard InChI is InChI=1S/C19H40N2/c1-8-9-20-19-12-15(4)11-16(5)18(19)13-21(7)17(6)10-14(2)3/h14-20H,8-13H2,1-7H3. The summed E-state index contributed by atoms with van der Waals surface area (Å²) in [6, 6.07) is 1.42. The molecule has 0 amide bonds. The highest BCUT2D eigenvalue weighted by molar-refractivity contribution is 4.89. The van der Waals surface area contributed by atoms with Crippen molar-refractivity contribution in [2.75, 3.05) is 20.1 Å². The minimum Gasteiger partial charge on any atom is -0.314 e. The molecule has 1 aliphatic carbocycles. The monoisotopic (exact) mass is 296 g/mol. The Kier molecular flexibility index (Phi) is 8.26. The van der Waals surface area contributed by atoms with Crippen molar-refractivity contribution in [1.82, 2.24) is 10.2 Å². The second-order valence-corrected chi connectivity index (χ2v) is 8.20. The quantitative estimate of drug-likeness (QED) is 0.714. The number of hydrogen-bond acceptors (Lipinski definition) is 2. The predicted octanol–water partition coefficient (Wildman–Crippen LogP) is 4.40. The van der Waals surface area contributed by atoms with Crippen LogP contribution >= 0.6 is 0 Å². The van der Waals surface area contributed by atoms with Crippen molar-refractivity contribution < 1.29 is 0 Å². The van der Waals surface area contributed by atoms with Crippen LogP contribution in [0.4, 0.5) is 0 Å². The van der Waals surface area contributed by atoms with Gasteiger partial charge in [-0.25, -0.2) is 0 Å². The SMILES string of the molecule is CCCNC1CC(C)CC(C)C1CN(C)C(C)CC(C)C. The topological polar surface area (TPSA) is 15.3 Å². The second kappa shape index (κ2) is 9.15. The fraction of sp³-hybridized carbons (Fsp3) is 1.00. The number of rotatable bonds is 8. The first-order valence-corrected chi connectivity index (χ1v) is 9.28. The summed E-state index contributed by atoms with van der Waals surface area (Å²) in [4.78, 5) is 2.61. The third kappa shape index (κ3) is 6.28. The van der Waals surface area contributed by atoms with Crippen LogP contribution < -0.4 is 5.32 Å². The Labute approximate surface area is 134 Å². The summed E-state index contributed by atoms with van der Waals surface area (Å²) in [5.74, 6) is 3.33. The molecule has 1 aliphatic rings. The van der Waals surface area contributed by atoms with E-state index in [1.54, 1.807) is 0 Å². The molecule has 1 rings (SSSR count). The number of nitrogens with one attached hydrogen (secondary N) is 1. The van der Waals surface area contributed by atoms with E-state index in [2.05, 4.69) is 58.8 Å². The zero-order valence-corrected chi connectivity index (χ0v) is 15.7. The molecule has 21 heavy (non-hydrogen) atoms. The Hall–Kier alpha value is -0.0800. The van der Waals surface area contributed by atoms with Crippen LogP contribution in [0.2, 0.25) is 0 Å². The minimum atomic E-state index is 0.698. The Morgan fingerprint density at radius 2 is 1.81 bits per heavy atom. The van der Waals surface area contributed by atoms with Gasteiger partial charge in [0.25, 0.3) is 0 Å². The predicted molar refractivity (Wildman–Crippen MR) is 94.7 cm³/mol. The second-order valence-electron chi connectivity index (χ2n) is 8.20. The summed E-state index contributed by atoms with van der Waals surface area (Å²) in [7, 11) is 2.33. The van der Waals surface area contributed by atoms with Gasteiger partial charge in [0.15, 0.2) is 0 Å². The van der Waals surface area contributed by atoms with Gasteiger partial charge in [-0.3, -0.25) is 0 Å². The van der Waals surface area contributed by atoms with Crippen LogP contribution in [0.5, 0.6) is 0 Å². The van der Waals surface area contributed by atoms with E-state index in [4.69, 9.17) is 0 Å². The molecule has 5 atom stereocenters. The Morgan fingerprint density at radius 1 is 1.14 bits per heavy atom. The van der Waals surface area contributed by atoms with Crippen molar-refractivity contribution in [3.63, 3.8) is 0 Å². The lowest BCUT2D eigenvalue weighted by molar-refractivity contribution is 0.0926. The van der Waals surface area contributed by atoms with Crippen molar-refractivity contribution >= 4 is 0 Å². The molecule has 5 unspecified atom stereocenters. The van der Waals surface area contributed by atoms with E-state index in [0.717, 1.165) is 29.7 Å². The largest absolute Gasteiger partial charge is 0.314 e.